The van der Waals surface area contributed by atoms with Gasteiger partial charge >= 0.3 is 0 Å². The van der Waals surface area contributed by atoms with Gasteiger partial charge in [-0.15, -0.1) is 11.3 Å². The van der Waals surface area contributed by atoms with E-state index in [4.69, 9.17) is 0 Å². The minimum Gasteiger partial charge on any atom is -0.311 e. The summed E-state index contributed by atoms with van der Waals surface area (Å²) in [4.78, 5) is 11.6. The molecule has 18 heavy (non-hydrogen) atoms. The number of thiophene rings is 1. The van der Waals surface area contributed by atoms with Crippen LogP contribution in [-0.2, 0) is 6.54 Å². The monoisotopic (exact) mass is 262 g/mol. The van der Waals surface area contributed by atoms with Crippen LogP contribution in [0.3, 0.4) is 0 Å². The standard InChI is InChI=1S/C13H18N4S/c1-17(2)12(13-4-3-5-18-13)9-14-6-11-7-15-10-16-8-11/h3-5,7-8,10,12,14H,6,9H2,1-2H3. The summed E-state index contributed by atoms with van der Waals surface area (Å²) in [6.07, 6.45) is 5.24. The van der Waals surface area contributed by atoms with E-state index in [0.29, 0.717) is 6.04 Å². The summed E-state index contributed by atoms with van der Waals surface area (Å²) < 4.78 is 0. The number of hydrogen-bond donors (Lipinski definition) is 1. The van der Waals surface area contributed by atoms with Crippen molar-refractivity contribution >= 4 is 11.3 Å². The highest BCUT2D eigenvalue weighted by atomic mass is 32.1. The fourth-order valence-electron chi connectivity index (χ4n) is 1.79. The van der Waals surface area contributed by atoms with Crippen molar-refractivity contribution in [2.45, 2.75) is 12.6 Å². The molecule has 96 valence electrons. The summed E-state index contributed by atoms with van der Waals surface area (Å²) in [7, 11) is 4.22. The molecule has 0 saturated heterocycles. The van der Waals surface area contributed by atoms with Crippen LogP contribution >= 0.6 is 11.3 Å². The van der Waals surface area contributed by atoms with E-state index >= 15 is 0 Å². The highest BCUT2D eigenvalue weighted by Crippen LogP contribution is 2.22. The molecule has 1 N–H and O–H groups in total. The van der Waals surface area contributed by atoms with Crippen LogP contribution in [0.4, 0.5) is 0 Å². The lowest BCUT2D eigenvalue weighted by atomic mass is 10.2. The predicted molar refractivity (Wildman–Crippen MR) is 74.5 cm³/mol. The Bertz CT molecular complexity index is 441. The molecule has 0 fully saturated rings. The molecular weight excluding hydrogens is 244 g/mol. The van der Waals surface area contributed by atoms with Gasteiger partial charge in [0.15, 0.2) is 0 Å². The number of nitrogens with one attached hydrogen (secondary N) is 1. The van der Waals surface area contributed by atoms with Crippen LogP contribution in [0.25, 0.3) is 0 Å². The van der Waals surface area contributed by atoms with Crippen molar-refractivity contribution in [2.75, 3.05) is 20.6 Å². The van der Waals surface area contributed by atoms with Crippen molar-refractivity contribution in [3.8, 4) is 0 Å². The van der Waals surface area contributed by atoms with Gasteiger partial charge in [-0.1, -0.05) is 6.07 Å². The van der Waals surface area contributed by atoms with Crippen LogP contribution in [0.15, 0.2) is 36.2 Å². The Morgan fingerprint density at radius 1 is 1.33 bits per heavy atom. The zero-order valence-corrected chi connectivity index (χ0v) is 11.5. The largest absolute Gasteiger partial charge is 0.311 e. The molecule has 0 saturated carbocycles. The third-order valence-electron chi connectivity index (χ3n) is 2.78. The molecule has 1 unspecified atom stereocenters. The second kappa shape index (κ2) is 6.58. The van der Waals surface area contributed by atoms with Gasteiger partial charge in [0.2, 0.25) is 0 Å². The highest BCUT2D eigenvalue weighted by Gasteiger charge is 2.14. The van der Waals surface area contributed by atoms with Crippen molar-refractivity contribution in [2.24, 2.45) is 0 Å². The third kappa shape index (κ3) is 3.60. The summed E-state index contributed by atoms with van der Waals surface area (Å²) in [5.74, 6) is 0. The molecule has 2 aromatic heterocycles. The smallest absolute Gasteiger partial charge is 0.115 e. The second-order valence-electron chi connectivity index (χ2n) is 4.37. The first-order chi connectivity index (χ1) is 8.77. The summed E-state index contributed by atoms with van der Waals surface area (Å²) in [6.45, 7) is 1.72. The van der Waals surface area contributed by atoms with Gasteiger partial charge < -0.3 is 10.2 Å². The minimum absolute atomic E-state index is 0.412. The van der Waals surface area contributed by atoms with Gasteiger partial charge in [0.05, 0.1) is 6.04 Å². The Kier molecular flexibility index (Phi) is 4.81. The Hall–Kier alpha value is -1.30. The lowest BCUT2D eigenvalue weighted by molar-refractivity contribution is 0.292. The molecule has 0 bridgehead atoms. The maximum Gasteiger partial charge on any atom is 0.115 e. The molecule has 0 aliphatic carbocycles. The van der Waals surface area contributed by atoms with Gasteiger partial charge in [-0.25, -0.2) is 9.97 Å². The van der Waals surface area contributed by atoms with Crippen molar-refractivity contribution in [3.05, 3.63) is 46.7 Å². The molecule has 0 aliphatic rings. The van der Waals surface area contributed by atoms with Gasteiger partial charge in [-0.2, -0.15) is 0 Å². The number of hydrogen-bond acceptors (Lipinski definition) is 5. The second-order valence-corrected chi connectivity index (χ2v) is 5.35. The third-order valence-corrected chi connectivity index (χ3v) is 3.75. The van der Waals surface area contributed by atoms with Crippen molar-refractivity contribution in [1.82, 2.24) is 20.2 Å². The number of nitrogens with zero attached hydrogens (tertiary/aromatic N) is 3. The molecule has 2 heterocycles. The zero-order valence-electron chi connectivity index (χ0n) is 10.7. The molecule has 0 aromatic carbocycles. The molecule has 0 amide bonds. The van der Waals surface area contributed by atoms with Gasteiger partial charge in [-0.3, -0.25) is 0 Å². The van der Waals surface area contributed by atoms with E-state index in [1.54, 1.807) is 17.7 Å². The van der Waals surface area contributed by atoms with Crippen molar-refractivity contribution in [3.63, 3.8) is 0 Å². The molecule has 0 radical (unpaired) electrons. The average Bonchev–Trinajstić information content (AvgIpc) is 2.89. The molecule has 0 aliphatic heterocycles. The zero-order chi connectivity index (χ0) is 12.8. The van der Waals surface area contributed by atoms with Gasteiger partial charge in [0.1, 0.15) is 6.33 Å². The SMILES string of the molecule is CN(C)C(CNCc1cncnc1)c1cccs1. The summed E-state index contributed by atoms with van der Waals surface area (Å²) in [6, 6.07) is 4.69. The van der Waals surface area contributed by atoms with E-state index in [-0.39, 0.29) is 0 Å². The molecule has 1 atom stereocenters. The topological polar surface area (TPSA) is 41.0 Å². The minimum atomic E-state index is 0.412. The summed E-state index contributed by atoms with van der Waals surface area (Å²) in [5, 5.41) is 5.58. The predicted octanol–water partition coefficient (Wildman–Crippen LogP) is 1.93. The lowest BCUT2D eigenvalue weighted by Crippen LogP contribution is -2.30. The molecule has 4 nitrogen and oxygen atoms in total. The molecule has 5 heteroatoms. The van der Waals surface area contributed by atoms with Crippen molar-refractivity contribution in [1.29, 1.82) is 0 Å². The maximum atomic E-state index is 4.01. The van der Waals surface area contributed by atoms with Crippen LogP contribution in [-0.4, -0.2) is 35.5 Å². The normalized spacial score (nSPS) is 12.8. The molecular formula is C13H18N4S. The Morgan fingerprint density at radius 3 is 2.72 bits per heavy atom. The fraction of sp³-hybridized carbons (Fsp3) is 0.385. The first-order valence-corrected chi connectivity index (χ1v) is 6.80. The first-order valence-electron chi connectivity index (χ1n) is 5.92. The van der Waals surface area contributed by atoms with Crippen LogP contribution in [0.1, 0.15) is 16.5 Å². The molecule has 2 aromatic rings. The first kappa shape index (κ1) is 13.1. The number of likely N-dealkylation sites (N-methyl/N-ethyl adjacent to an activating group) is 1. The summed E-state index contributed by atoms with van der Waals surface area (Å²) >= 11 is 1.80. The van der Waals surface area contributed by atoms with E-state index < -0.39 is 0 Å². The van der Waals surface area contributed by atoms with Crippen LogP contribution in [0.2, 0.25) is 0 Å². The van der Waals surface area contributed by atoms with E-state index in [0.717, 1.165) is 18.7 Å². The lowest BCUT2D eigenvalue weighted by Gasteiger charge is -2.23. The van der Waals surface area contributed by atoms with Gasteiger partial charge in [-0.05, 0) is 25.5 Å². The fourth-order valence-corrected chi connectivity index (χ4v) is 2.72. The Labute approximate surface area is 112 Å². The molecule has 0 spiro atoms. The van der Waals surface area contributed by atoms with Gasteiger partial charge in [0.25, 0.3) is 0 Å². The summed E-state index contributed by atoms with van der Waals surface area (Å²) in [5.41, 5.74) is 1.11. The van der Waals surface area contributed by atoms with E-state index in [1.165, 1.54) is 4.88 Å². The van der Waals surface area contributed by atoms with Crippen LogP contribution < -0.4 is 5.32 Å². The van der Waals surface area contributed by atoms with E-state index in [2.05, 4.69) is 51.8 Å². The Balaban J connectivity index is 1.87. The Morgan fingerprint density at radius 2 is 2.11 bits per heavy atom. The van der Waals surface area contributed by atoms with E-state index in [9.17, 15) is 0 Å². The van der Waals surface area contributed by atoms with Gasteiger partial charge in [0, 0.05) is 35.9 Å². The van der Waals surface area contributed by atoms with Crippen LogP contribution in [0.5, 0.6) is 0 Å². The van der Waals surface area contributed by atoms with E-state index in [1.807, 2.05) is 12.4 Å². The highest BCUT2D eigenvalue weighted by molar-refractivity contribution is 7.10. The maximum absolute atomic E-state index is 4.01. The van der Waals surface area contributed by atoms with Crippen molar-refractivity contribution < 1.29 is 0 Å². The average molecular weight is 262 g/mol. The van der Waals surface area contributed by atoms with Crippen LogP contribution in [0, 0.1) is 0 Å². The number of rotatable bonds is 6. The quantitative estimate of drug-likeness (QED) is 0.863. The number of aromatic nitrogens is 2. The molecule has 2 rings (SSSR count).